The summed E-state index contributed by atoms with van der Waals surface area (Å²) in [5, 5.41) is 8.24. The minimum Gasteiger partial charge on any atom is -0.471 e. The number of aryl methyl sites for hydroxylation is 1. The standard InChI is InChI=1S/C19H19Cl2FN2O2.C2H4O2/c1-11-6-5-7-15(12(2)23-25-4)17(11)10-26-24-13(3)16-8-14(20)9-18(21)19(16)22;1-4-2-3/h5-9H,10H2,1-4H3;2H,1H3/b23-12-,24-13+;. The van der Waals surface area contributed by atoms with E-state index in [-0.39, 0.29) is 17.2 Å². The van der Waals surface area contributed by atoms with Gasteiger partial charge in [0.1, 0.15) is 13.7 Å². The van der Waals surface area contributed by atoms with Crippen LogP contribution in [0.25, 0.3) is 0 Å². The zero-order chi connectivity index (χ0) is 22.7. The summed E-state index contributed by atoms with van der Waals surface area (Å²) in [6, 6.07) is 8.62. The largest absolute Gasteiger partial charge is 0.471 e. The summed E-state index contributed by atoms with van der Waals surface area (Å²) in [7, 11) is 2.81. The Balaban J connectivity index is 0.00000103. The fourth-order valence-electron chi connectivity index (χ4n) is 2.48. The lowest BCUT2D eigenvalue weighted by Gasteiger charge is -2.12. The SMILES string of the molecule is CO/N=C(/C)c1cccc(C)c1CO/N=C(\C)c1cc(Cl)cc(Cl)c1F.COC=O. The van der Waals surface area contributed by atoms with Crippen LogP contribution in [0.3, 0.4) is 0 Å². The molecule has 0 heterocycles. The first-order valence-electron chi connectivity index (χ1n) is 8.71. The third kappa shape index (κ3) is 7.31. The van der Waals surface area contributed by atoms with E-state index in [4.69, 9.17) is 37.7 Å². The number of halogens is 3. The van der Waals surface area contributed by atoms with E-state index >= 15 is 0 Å². The Morgan fingerprint density at radius 2 is 1.73 bits per heavy atom. The smallest absolute Gasteiger partial charge is 0.292 e. The van der Waals surface area contributed by atoms with Gasteiger partial charge < -0.3 is 14.4 Å². The molecular formula is C21H23Cl2FN2O4. The molecule has 30 heavy (non-hydrogen) atoms. The second-order valence-electron chi connectivity index (χ2n) is 5.99. The first-order chi connectivity index (χ1) is 14.3. The second-order valence-corrected chi connectivity index (χ2v) is 6.84. The number of hydrogen-bond donors (Lipinski definition) is 0. The van der Waals surface area contributed by atoms with Crippen LogP contribution in [-0.4, -0.2) is 32.1 Å². The van der Waals surface area contributed by atoms with Crippen molar-refractivity contribution in [2.75, 3.05) is 14.2 Å². The van der Waals surface area contributed by atoms with Crippen molar-refractivity contribution < 1.29 is 23.6 Å². The van der Waals surface area contributed by atoms with Crippen LogP contribution in [-0.2, 0) is 25.8 Å². The first kappa shape index (κ1) is 25.4. The summed E-state index contributed by atoms with van der Waals surface area (Å²) in [5.41, 5.74) is 4.11. The fraction of sp³-hybridized carbons (Fsp3) is 0.286. The Hall–Kier alpha value is -2.64. The molecule has 2 rings (SSSR count). The highest BCUT2D eigenvalue weighted by atomic mass is 35.5. The Morgan fingerprint density at radius 1 is 1.10 bits per heavy atom. The average molecular weight is 457 g/mol. The number of carbonyl (C=O) groups is 1. The van der Waals surface area contributed by atoms with E-state index in [1.165, 1.54) is 26.4 Å². The maximum absolute atomic E-state index is 14.1. The van der Waals surface area contributed by atoms with Gasteiger partial charge in [-0.25, -0.2) is 4.39 Å². The van der Waals surface area contributed by atoms with Crippen molar-refractivity contribution in [3.63, 3.8) is 0 Å². The number of methoxy groups -OCH3 is 1. The summed E-state index contributed by atoms with van der Waals surface area (Å²) in [4.78, 5) is 19.3. The third-order valence-corrected chi connectivity index (χ3v) is 4.41. The molecule has 0 fully saturated rings. The molecule has 2 aromatic rings. The number of hydrogen-bond acceptors (Lipinski definition) is 6. The van der Waals surface area contributed by atoms with Gasteiger partial charge in [0, 0.05) is 21.7 Å². The van der Waals surface area contributed by atoms with Gasteiger partial charge in [0.2, 0.25) is 0 Å². The lowest BCUT2D eigenvalue weighted by molar-refractivity contribution is -0.126. The van der Waals surface area contributed by atoms with Crippen molar-refractivity contribution in [3.8, 4) is 0 Å². The van der Waals surface area contributed by atoms with Crippen LogP contribution in [0.4, 0.5) is 4.39 Å². The third-order valence-electron chi connectivity index (χ3n) is 3.92. The second kappa shape index (κ2) is 12.8. The molecule has 0 N–H and O–H groups in total. The fourth-order valence-corrected chi connectivity index (χ4v) is 2.97. The molecule has 0 aliphatic rings. The van der Waals surface area contributed by atoms with Gasteiger partial charge in [-0.05, 0) is 38.5 Å². The maximum atomic E-state index is 14.1. The Morgan fingerprint density at radius 3 is 2.33 bits per heavy atom. The van der Waals surface area contributed by atoms with Gasteiger partial charge in [-0.3, -0.25) is 4.79 Å². The normalized spacial score (nSPS) is 11.3. The van der Waals surface area contributed by atoms with Gasteiger partial charge in [-0.1, -0.05) is 51.7 Å². The molecule has 0 aromatic heterocycles. The molecule has 0 saturated heterocycles. The van der Waals surface area contributed by atoms with Crippen LogP contribution in [0.2, 0.25) is 10.0 Å². The zero-order valence-corrected chi connectivity index (χ0v) is 18.8. The van der Waals surface area contributed by atoms with Gasteiger partial charge in [-0.2, -0.15) is 0 Å². The van der Waals surface area contributed by atoms with Crippen molar-refractivity contribution in [3.05, 3.63) is 68.4 Å². The number of rotatable bonds is 7. The molecule has 0 saturated carbocycles. The zero-order valence-electron chi connectivity index (χ0n) is 17.3. The van der Waals surface area contributed by atoms with E-state index in [2.05, 4.69) is 15.0 Å². The van der Waals surface area contributed by atoms with E-state index in [1.54, 1.807) is 6.92 Å². The van der Waals surface area contributed by atoms with Crippen LogP contribution in [0.15, 0.2) is 40.6 Å². The Bertz CT molecular complexity index is 933. The van der Waals surface area contributed by atoms with Gasteiger partial charge in [0.15, 0.2) is 5.82 Å². The molecule has 0 aliphatic heterocycles. The quantitative estimate of drug-likeness (QED) is 0.237. The Labute approximate surface area is 185 Å². The van der Waals surface area contributed by atoms with Crippen LogP contribution in [0, 0.1) is 12.7 Å². The number of oxime groups is 2. The van der Waals surface area contributed by atoms with Gasteiger partial charge in [0.05, 0.1) is 23.6 Å². The van der Waals surface area contributed by atoms with Crippen LogP contribution >= 0.6 is 23.2 Å². The molecule has 0 radical (unpaired) electrons. The van der Waals surface area contributed by atoms with E-state index in [9.17, 15) is 4.39 Å². The average Bonchev–Trinajstić information content (AvgIpc) is 2.71. The van der Waals surface area contributed by atoms with E-state index in [0.717, 1.165) is 22.4 Å². The van der Waals surface area contributed by atoms with E-state index < -0.39 is 5.82 Å². The van der Waals surface area contributed by atoms with E-state index in [0.29, 0.717) is 17.2 Å². The lowest BCUT2D eigenvalue weighted by atomic mass is 10.00. The molecule has 0 spiro atoms. The summed E-state index contributed by atoms with van der Waals surface area (Å²) >= 11 is 11.7. The number of carbonyl (C=O) groups excluding carboxylic acids is 1. The molecule has 0 aliphatic carbocycles. The van der Waals surface area contributed by atoms with Gasteiger partial charge in [0.25, 0.3) is 6.47 Å². The van der Waals surface area contributed by atoms with Gasteiger partial charge in [-0.15, -0.1) is 0 Å². The van der Waals surface area contributed by atoms with E-state index in [1.807, 2.05) is 32.0 Å². The lowest BCUT2D eigenvalue weighted by Crippen LogP contribution is -2.06. The predicted octanol–water partition coefficient (Wildman–Crippen LogP) is 5.54. The number of nitrogens with zero attached hydrogens (tertiary/aromatic N) is 2. The number of benzene rings is 2. The Kier molecular flexibility index (Phi) is 10.9. The molecule has 6 nitrogen and oxygen atoms in total. The topological polar surface area (TPSA) is 69.5 Å². The maximum Gasteiger partial charge on any atom is 0.292 e. The van der Waals surface area contributed by atoms with Crippen molar-refractivity contribution in [1.82, 2.24) is 0 Å². The summed E-state index contributed by atoms with van der Waals surface area (Å²) in [6.45, 7) is 6.02. The molecule has 0 amide bonds. The molecule has 162 valence electrons. The molecular weight excluding hydrogens is 434 g/mol. The summed E-state index contributed by atoms with van der Waals surface area (Å²) in [5.74, 6) is -0.583. The first-order valence-corrected chi connectivity index (χ1v) is 9.46. The van der Waals surface area contributed by atoms with Crippen LogP contribution in [0.5, 0.6) is 0 Å². The molecule has 0 unspecified atom stereocenters. The van der Waals surface area contributed by atoms with Crippen LogP contribution in [0.1, 0.15) is 36.1 Å². The van der Waals surface area contributed by atoms with Gasteiger partial charge >= 0.3 is 0 Å². The summed E-state index contributed by atoms with van der Waals surface area (Å²) < 4.78 is 18.0. The highest BCUT2D eigenvalue weighted by Crippen LogP contribution is 2.24. The monoisotopic (exact) mass is 456 g/mol. The van der Waals surface area contributed by atoms with Crippen LogP contribution < -0.4 is 0 Å². The molecule has 0 atom stereocenters. The highest BCUT2D eigenvalue weighted by Gasteiger charge is 2.13. The minimum atomic E-state index is -0.583. The van der Waals surface area contributed by atoms with Crippen molar-refractivity contribution in [2.45, 2.75) is 27.4 Å². The number of ether oxygens (including phenoxy) is 1. The molecule has 2 aromatic carbocycles. The molecule has 9 heteroatoms. The van der Waals surface area contributed by atoms with Crippen molar-refractivity contribution in [2.24, 2.45) is 10.3 Å². The molecule has 0 bridgehead atoms. The predicted molar refractivity (Wildman–Crippen MR) is 117 cm³/mol. The highest BCUT2D eigenvalue weighted by molar-refractivity contribution is 6.35. The minimum absolute atomic E-state index is 0.0605. The summed E-state index contributed by atoms with van der Waals surface area (Å²) in [6.07, 6.45) is 0. The van der Waals surface area contributed by atoms with Crippen molar-refractivity contribution in [1.29, 1.82) is 0 Å². The van der Waals surface area contributed by atoms with Crippen molar-refractivity contribution >= 4 is 41.1 Å².